The van der Waals surface area contributed by atoms with Crippen molar-refractivity contribution in [1.29, 1.82) is 0 Å². The fourth-order valence-corrected chi connectivity index (χ4v) is 0.597. The van der Waals surface area contributed by atoms with E-state index in [-0.39, 0.29) is 6.67 Å². The summed E-state index contributed by atoms with van der Waals surface area (Å²) in [5, 5.41) is 0. The lowest BCUT2D eigenvalue weighted by Gasteiger charge is -2.15. The van der Waals surface area contributed by atoms with Crippen molar-refractivity contribution in [3.63, 3.8) is 0 Å². The second-order valence-electron chi connectivity index (χ2n) is 3.35. The third-order valence-electron chi connectivity index (χ3n) is 1.06. The Bertz CT molecular complexity index is 51.9. The van der Waals surface area contributed by atoms with Gasteiger partial charge in [-0.05, 0) is 18.3 Å². The molecule has 0 aliphatic rings. The number of hydrogen-bond donors (Lipinski definition) is 0. The molecule has 50 valence electrons. The largest absolute Gasteiger partial charge is 0.251 e. The Morgan fingerprint density at radius 2 is 1.75 bits per heavy atom. The van der Waals surface area contributed by atoms with Gasteiger partial charge in [-0.15, -0.1) is 0 Å². The molecule has 0 atom stereocenters. The zero-order chi connectivity index (χ0) is 6.62. The Kier molecular flexibility index (Phi) is 3.03. The van der Waals surface area contributed by atoms with Gasteiger partial charge in [0, 0.05) is 0 Å². The van der Waals surface area contributed by atoms with Crippen LogP contribution in [-0.2, 0) is 0 Å². The molecule has 0 aromatic rings. The van der Waals surface area contributed by atoms with Gasteiger partial charge in [0.2, 0.25) is 0 Å². The van der Waals surface area contributed by atoms with Crippen LogP contribution in [0.5, 0.6) is 0 Å². The summed E-state index contributed by atoms with van der Waals surface area (Å²) in [7, 11) is 0. The van der Waals surface area contributed by atoms with Crippen molar-refractivity contribution in [3.05, 3.63) is 0 Å². The molecule has 0 amide bonds. The van der Waals surface area contributed by atoms with E-state index in [2.05, 4.69) is 20.8 Å². The summed E-state index contributed by atoms with van der Waals surface area (Å²) in [5.74, 6) is 0. The average Bonchev–Trinajstić information content (AvgIpc) is 1.59. The van der Waals surface area contributed by atoms with Crippen LogP contribution >= 0.6 is 0 Å². The molecule has 0 radical (unpaired) electrons. The molecule has 0 saturated heterocycles. The van der Waals surface area contributed by atoms with Gasteiger partial charge in [-0.25, -0.2) is 0 Å². The van der Waals surface area contributed by atoms with Crippen LogP contribution in [0, 0.1) is 5.41 Å². The second-order valence-corrected chi connectivity index (χ2v) is 3.35. The molecule has 0 aliphatic heterocycles. The fraction of sp³-hybridized carbons (Fsp3) is 1.00. The van der Waals surface area contributed by atoms with E-state index in [9.17, 15) is 4.39 Å². The first-order valence-electron chi connectivity index (χ1n) is 3.12. The minimum Gasteiger partial charge on any atom is -0.251 e. The maximum Gasteiger partial charge on any atom is 0.0894 e. The van der Waals surface area contributed by atoms with E-state index in [1.807, 2.05) is 0 Å². The highest BCUT2D eigenvalue weighted by Gasteiger charge is 2.07. The molecule has 1 heteroatoms. The quantitative estimate of drug-likeness (QED) is 0.523. The zero-order valence-electron chi connectivity index (χ0n) is 6.00. The van der Waals surface area contributed by atoms with Crippen LogP contribution in [0.25, 0.3) is 0 Å². The van der Waals surface area contributed by atoms with Crippen molar-refractivity contribution in [1.82, 2.24) is 0 Å². The standard InChI is InChI=1S/C7H15F/c1-7(2,3)5-4-6-8/h4-6H2,1-3H3. The molecule has 0 nitrogen and oxygen atoms in total. The van der Waals surface area contributed by atoms with E-state index in [0.717, 1.165) is 6.42 Å². The zero-order valence-corrected chi connectivity index (χ0v) is 6.00. The van der Waals surface area contributed by atoms with Gasteiger partial charge in [0.25, 0.3) is 0 Å². The molecule has 0 unspecified atom stereocenters. The first-order chi connectivity index (χ1) is 3.56. The summed E-state index contributed by atoms with van der Waals surface area (Å²) >= 11 is 0. The van der Waals surface area contributed by atoms with Crippen LogP contribution in [0.1, 0.15) is 33.6 Å². The lowest BCUT2D eigenvalue weighted by molar-refractivity contribution is 0.334. The number of hydrogen-bond acceptors (Lipinski definition) is 0. The summed E-state index contributed by atoms with van der Waals surface area (Å²) in [6, 6.07) is 0. The predicted octanol–water partition coefficient (Wildman–Crippen LogP) is 2.78. The van der Waals surface area contributed by atoms with Gasteiger partial charge in [0.1, 0.15) is 0 Å². The second kappa shape index (κ2) is 3.06. The van der Waals surface area contributed by atoms with E-state index in [4.69, 9.17) is 0 Å². The minimum atomic E-state index is -0.169. The normalized spacial score (nSPS) is 12.0. The molecule has 0 aliphatic carbocycles. The number of rotatable bonds is 2. The third kappa shape index (κ3) is 5.93. The van der Waals surface area contributed by atoms with Crippen LogP contribution in [0.3, 0.4) is 0 Å². The monoisotopic (exact) mass is 118 g/mol. The SMILES string of the molecule is CC(C)(C)CCCF. The van der Waals surface area contributed by atoms with E-state index in [1.54, 1.807) is 0 Å². The van der Waals surface area contributed by atoms with Gasteiger partial charge >= 0.3 is 0 Å². The van der Waals surface area contributed by atoms with E-state index >= 15 is 0 Å². The van der Waals surface area contributed by atoms with Crippen molar-refractivity contribution in [2.45, 2.75) is 33.6 Å². The summed E-state index contributed by atoms with van der Waals surface area (Å²) in [6.07, 6.45) is 1.70. The van der Waals surface area contributed by atoms with Gasteiger partial charge in [0.05, 0.1) is 6.67 Å². The van der Waals surface area contributed by atoms with Gasteiger partial charge < -0.3 is 0 Å². The summed E-state index contributed by atoms with van der Waals surface area (Å²) < 4.78 is 11.5. The smallest absolute Gasteiger partial charge is 0.0894 e. The summed E-state index contributed by atoms with van der Waals surface area (Å²) in [4.78, 5) is 0. The third-order valence-corrected chi connectivity index (χ3v) is 1.06. The Labute approximate surface area is 51.1 Å². The van der Waals surface area contributed by atoms with Gasteiger partial charge in [-0.2, -0.15) is 0 Å². The Morgan fingerprint density at radius 1 is 1.25 bits per heavy atom. The highest BCUT2D eigenvalue weighted by molar-refractivity contribution is 4.59. The van der Waals surface area contributed by atoms with E-state index < -0.39 is 0 Å². The summed E-state index contributed by atoms with van der Waals surface area (Å²) in [5.41, 5.74) is 0.312. The molecule has 0 bridgehead atoms. The molecule has 0 heterocycles. The fourth-order valence-electron chi connectivity index (χ4n) is 0.597. The maximum absolute atomic E-state index is 11.5. The summed E-state index contributed by atoms with van der Waals surface area (Å²) in [6.45, 7) is 6.21. The highest BCUT2D eigenvalue weighted by atomic mass is 19.1. The molecular weight excluding hydrogens is 103 g/mol. The van der Waals surface area contributed by atoms with E-state index in [0.29, 0.717) is 11.8 Å². The molecule has 8 heavy (non-hydrogen) atoms. The van der Waals surface area contributed by atoms with Crippen molar-refractivity contribution in [3.8, 4) is 0 Å². The van der Waals surface area contributed by atoms with Crippen LogP contribution in [0.15, 0.2) is 0 Å². The number of halogens is 1. The predicted molar refractivity (Wildman–Crippen MR) is 34.7 cm³/mol. The average molecular weight is 118 g/mol. The first-order valence-corrected chi connectivity index (χ1v) is 3.12. The minimum absolute atomic E-state index is 0.169. The lowest BCUT2D eigenvalue weighted by atomic mass is 9.91. The van der Waals surface area contributed by atoms with E-state index in [1.165, 1.54) is 0 Å². The van der Waals surface area contributed by atoms with Crippen molar-refractivity contribution in [2.75, 3.05) is 6.67 Å². The van der Waals surface area contributed by atoms with Crippen molar-refractivity contribution in [2.24, 2.45) is 5.41 Å². The Morgan fingerprint density at radius 3 is 1.88 bits per heavy atom. The van der Waals surface area contributed by atoms with Crippen LogP contribution < -0.4 is 0 Å². The molecule has 0 fully saturated rings. The van der Waals surface area contributed by atoms with Gasteiger partial charge in [0.15, 0.2) is 0 Å². The molecule has 0 aromatic heterocycles. The van der Waals surface area contributed by atoms with Crippen LogP contribution in [-0.4, -0.2) is 6.67 Å². The molecule has 0 N–H and O–H groups in total. The molecule has 0 rings (SSSR count). The molecule has 0 saturated carbocycles. The van der Waals surface area contributed by atoms with Crippen molar-refractivity contribution < 1.29 is 4.39 Å². The maximum atomic E-state index is 11.5. The topological polar surface area (TPSA) is 0 Å². The molecule has 0 spiro atoms. The number of alkyl halides is 1. The van der Waals surface area contributed by atoms with Gasteiger partial charge in [-0.1, -0.05) is 20.8 Å². The molecular formula is C7H15F. The first kappa shape index (κ1) is 7.93. The Balaban J connectivity index is 3.11. The van der Waals surface area contributed by atoms with Crippen LogP contribution in [0.4, 0.5) is 4.39 Å². The van der Waals surface area contributed by atoms with Crippen LogP contribution in [0.2, 0.25) is 0 Å². The Hall–Kier alpha value is -0.0700. The van der Waals surface area contributed by atoms with Crippen molar-refractivity contribution >= 4 is 0 Å². The molecule has 0 aromatic carbocycles. The van der Waals surface area contributed by atoms with Gasteiger partial charge in [-0.3, -0.25) is 4.39 Å². The lowest BCUT2D eigenvalue weighted by Crippen LogP contribution is -2.04. The highest BCUT2D eigenvalue weighted by Crippen LogP contribution is 2.19.